The molecule has 0 atom stereocenters. The maximum atomic E-state index is 11.6. The summed E-state index contributed by atoms with van der Waals surface area (Å²) in [5, 5.41) is 10.3. The second-order valence-corrected chi connectivity index (χ2v) is 5.61. The number of carbonyl (C=O) groups is 2. The Morgan fingerprint density at radius 3 is 2.70 bits per heavy atom. The van der Waals surface area contributed by atoms with Crippen LogP contribution in [0.1, 0.15) is 17.4 Å². The number of fused-ring (bicyclic) bond motifs is 1. The highest BCUT2D eigenvalue weighted by Crippen LogP contribution is 2.27. The van der Waals surface area contributed by atoms with Gasteiger partial charge in [0.25, 0.3) is 0 Å². The molecule has 0 bridgehead atoms. The number of amides is 2. The number of anilines is 3. The van der Waals surface area contributed by atoms with Gasteiger partial charge in [0.05, 0.1) is 7.11 Å². The van der Waals surface area contributed by atoms with E-state index in [1.54, 1.807) is 30.5 Å². The van der Waals surface area contributed by atoms with Crippen LogP contribution in [-0.2, 0) is 4.74 Å². The lowest BCUT2D eigenvalue weighted by Crippen LogP contribution is -2.28. The zero-order valence-corrected chi connectivity index (χ0v) is 14.9. The van der Waals surface area contributed by atoms with Crippen molar-refractivity contribution < 1.29 is 14.3 Å². The van der Waals surface area contributed by atoms with Crippen LogP contribution in [0.5, 0.6) is 0 Å². The van der Waals surface area contributed by atoms with E-state index in [0.717, 1.165) is 16.5 Å². The third-order valence-corrected chi connectivity index (χ3v) is 3.75. The summed E-state index contributed by atoms with van der Waals surface area (Å²) in [6.45, 7) is 2.37. The van der Waals surface area contributed by atoms with Crippen molar-refractivity contribution in [3.63, 3.8) is 0 Å². The quantitative estimate of drug-likeness (QED) is 0.599. The SMILES string of the molecule is CCNC(=O)Nc1cc2cccc(Nc3cccc(C(=O)OC)n3)c2cn1. The van der Waals surface area contributed by atoms with Gasteiger partial charge in [-0.3, -0.25) is 5.32 Å². The highest BCUT2D eigenvalue weighted by Gasteiger charge is 2.09. The monoisotopic (exact) mass is 365 g/mol. The fraction of sp³-hybridized carbons (Fsp3) is 0.158. The number of rotatable bonds is 5. The lowest BCUT2D eigenvalue weighted by molar-refractivity contribution is 0.0594. The van der Waals surface area contributed by atoms with E-state index in [1.165, 1.54) is 7.11 Å². The minimum atomic E-state index is -0.501. The number of methoxy groups -OCH3 is 1. The first-order valence-corrected chi connectivity index (χ1v) is 8.36. The molecule has 2 heterocycles. The van der Waals surface area contributed by atoms with Crippen molar-refractivity contribution in [2.45, 2.75) is 6.92 Å². The van der Waals surface area contributed by atoms with Crippen LogP contribution in [0, 0.1) is 0 Å². The van der Waals surface area contributed by atoms with Gasteiger partial charge in [0.2, 0.25) is 0 Å². The van der Waals surface area contributed by atoms with Crippen LogP contribution in [0.15, 0.2) is 48.7 Å². The second-order valence-electron chi connectivity index (χ2n) is 5.61. The van der Waals surface area contributed by atoms with Crippen LogP contribution in [0.2, 0.25) is 0 Å². The standard InChI is InChI=1S/C19H19N5O3/c1-3-20-19(26)24-17-10-12-6-4-7-14(13(12)11-21-17)22-16-9-5-8-15(23-16)18(25)27-2/h4-11H,3H2,1-2H3,(H,22,23)(H2,20,21,24,26). The number of hydrogen-bond acceptors (Lipinski definition) is 6. The molecule has 0 unspecified atom stereocenters. The highest BCUT2D eigenvalue weighted by atomic mass is 16.5. The van der Waals surface area contributed by atoms with Crippen molar-refractivity contribution in [2.24, 2.45) is 0 Å². The van der Waals surface area contributed by atoms with Crippen molar-refractivity contribution in [1.29, 1.82) is 0 Å². The summed E-state index contributed by atoms with van der Waals surface area (Å²) in [5.41, 5.74) is 0.994. The minimum absolute atomic E-state index is 0.217. The fourth-order valence-electron chi connectivity index (χ4n) is 2.53. The van der Waals surface area contributed by atoms with Crippen LogP contribution in [0.3, 0.4) is 0 Å². The van der Waals surface area contributed by atoms with Gasteiger partial charge in [-0.05, 0) is 36.6 Å². The van der Waals surface area contributed by atoms with Crippen LogP contribution in [-0.4, -0.2) is 35.6 Å². The number of urea groups is 1. The smallest absolute Gasteiger partial charge is 0.356 e. The molecule has 3 N–H and O–H groups in total. The molecule has 0 radical (unpaired) electrons. The Bertz CT molecular complexity index is 990. The van der Waals surface area contributed by atoms with E-state index in [2.05, 4.69) is 25.9 Å². The van der Waals surface area contributed by atoms with Crippen LogP contribution in [0.4, 0.5) is 22.1 Å². The number of hydrogen-bond donors (Lipinski definition) is 3. The van der Waals surface area contributed by atoms with Crippen LogP contribution < -0.4 is 16.0 Å². The zero-order valence-electron chi connectivity index (χ0n) is 14.9. The predicted octanol–water partition coefficient (Wildman–Crippen LogP) is 3.30. The third kappa shape index (κ3) is 4.30. The molecule has 3 rings (SSSR count). The Balaban J connectivity index is 1.87. The van der Waals surface area contributed by atoms with Gasteiger partial charge in [0.1, 0.15) is 11.6 Å². The lowest BCUT2D eigenvalue weighted by atomic mass is 10.1. The molecule has 138 valence electrons. The van der Waals surface area contributed by atoms with E-state index >= 15 is 0 Å². The molecule has 8 nitrogen and oxygen atoms in total. The molecule has 0 aliphatic carbocycles. The van der Waals surface area contributed by atoms with Gasteiger partial charge in [-0.2, -0.15) is 0 Å². The first kappa shape index (κ1) is 18.1. The Morgan fingerprint density at radius 2 is 1.93 bits per heavy atom. The van der Waals surface area contributed by atoms with E-state index in [0.29, 0.717) is 18.2 Å². The zero-order chi connectivity index (χ0) is 19.2. The summed E-state index contributed by atoms with van der Waals surface area (Å²) in [7, 11) is 1.31. The van der Waals surface area contributed by atoms with E-state index in [4.69, 9.17) is 4.74 Å². The predicted molar refractivity (Wildman–Crippen MR) is 103 cm³/mol. The Kier molecular flexibility index (Phi) is 5.46. The number of nitrogens with one attached hydrogen (secondary N) is 3. The van der Waals surface area contributed by atoms with Gasteiger partial charge >= 0.3 is 12.0 Å². The summed E-state index contributed by atoms with van der Waals surface area (Å²) in [6.07, 6.45) is 1.67. The number of carbonyl (C=O) groups excluding carboxylic acids is 2. The third-order valence-electron chi connectivity index (χ3n) is 3.75. The van der Waals surface area contributed by atoms with Crippen molar-refractivity contribution in [2.75, 3.05) is 24.3 Å². The van der Waals surface area contributed by atoms with E-state index in [1.807, 2.05) is 25.1 Å². The molecule has 0 saturated heterocycles. The van der Waals surface area contributed by atoms with Gasteiger partial charge in [0.15, 0.2) is 5.69 Å². The van der Waals surface area contributed by atoms with Gasteiger partial charge in [-0.15, -0.1) is 0 Å². The summed E-state index contributed by atoms with van der Waals surface area (Å²) in [6, 6.07) is 12.2. The van der Waals surface area contributed by atoms with Crippen molar-refractivity contribution in [1.82, 2.24) is 15.3 Å². The number of aromatic nitrogens is 2. The molecule has 2 aromatic heterocycles. The Morgan fingerprint density at radius 1 is 1.11 bits per heavy atom. The van der Waals surface area contributed by atoms with Crippen LogP contribution in [0.25, 0.3) is 10.8 Å². The summed E-state index contributed by atoms with van der Waals surface area (Å²) in [5.74, 6) is 0.464. The minimum Gasteiger partial charge on any atom is -0.464 e. The number of nitrogens with zero attached hydrogens (tertiary/aromatic N) is 2. The molecule has 0 aliphatic rings. The van der Waals surface area contributed by atoms with Crippen LogP contribution >= 0.6 is 0 Å². The van der Waals surface area contributed by atoms with E-state index in [9.17, 15) is 9.59 Å². The molecule has 2 amide bonds. The normalized spacial score (nSPS) is 10.3. The average Bonchev–Trinajstić information content (AvgIpc) is 2.68. The summed E-state index contributed by atoms with van der Waals surface area (Å²) in [4.78, 5) is 31.8. The second kappa shape index (κ2) is 8.13. The van der Waals surface area contributed by atoms with Gasteiger partial charge in [-0.25, -0.2) is 19.6 Å². The van der Waals surface area contributed by atoms with Crippen molar-refractivity contribution in [3.8, 4) is 0 Å². The average molecular weight is 365 g/mol. The number of esters is 1. The summed E-state index contributed by atoms with van der Waals surface area (Å²) < 4.78 is 4.70. The number of ether oxygens (including phenoxy) is 1. The van der Waals surface area contributed by atoms with Crippen molar-refractivity contribution >= 4 is 40.1 Å². The molecule has 1 aromatic carbocycles. The maximum absolute atomic E-state index is 11.6. The molecule has 0 spiro atoms. The molecular weight excluding hydrogens is 346 g/mol. The largest absolute Gasteiger partial charge is 0.464 e. The Labute approximate surface area is 156 Å². The maximum Gasteiger partial charge on any atom is 0.356 e. The van der Waals surface area contributed by atoms with Crippen molar-refractivity contribution in [3.05, 3.63) is 54.4 Å². The van der Waals surface area contributed by atoms with E-state index in [-0.39, 0.29) is 11.7 Å². The lowest BCUT2D eigenvalue weighted by Gasteiger charge is -2.11. The summed E-state index contributed by atoms with van der Waals surface area (Å²) >= 11 is 0. The van der Waals surface area contributed by atoms with E-state index < -0.39 is 5.97 Å². The van der Waals surface area contributed by atoms with Gasteiger partial charge in [-0.1, -0.05) is 18.2 Å². The first-order chi connectivity index (χ1) is 13.1. The molecule has 3 aromatic rings. The van der Waals surface area contributed by atoms with Gasteiger partial charge in [0, 0.05) is 23.8 Å². The molecule has 0 fully saturated rings. The molecule has 27 heavy (non-hydrogen) atoms. The number of benzene rings is 1. The molecule has 0 aliphatic heterocycles. The first-order valence-electron chi connectivity index (χ1n) is 8.36. The Hall–Kier alpha value is -3.68. The molecule has 8 heteroatoms. The highest BCUT2D eigenvalue weighted by molar-refractivity contribution is 5.97. The molecular formula is C19H19N5O3. The number of pyridine rings is 2. The topological polar surface area (TPSA) is 105 Å². The molecule has 0 saturated carbocycles. The fourth-order valence-corrected chi connectivity index (χ4v) is 2.53. The van der Waals surface area contributed by atoms with Gasteiger partial charge < -0.3 is 15.4 Å².